The van der Waals surface area contributed by atoms with Gasteiger partial charge in [-0.25, -0.2) is 9.67 Å². The van der Waals surface area contributed by atoms with Crippen molar-refractivity contribution < 1.29 is 14.3 Å². The van der Waals surface area contributed by atoms with Crippen LogP contribution in [0.15, 0.2) is 42.7 Å². The molecule has 1 N–H and O–H groups in total. The zero-order valence-corrected chi connectivity index (χ0v) is 15.5. The van der Waals surface area contributed by atoms with Crippen molar-refractivity contribution in [3.05, 3.63) is 54.1 Å². The highest BCUT2D eigenvalue weighted by atomic mass is 16.5. The van der Waals surface area contributed by atoms with E-state index in [1.165, 1.54) is 0 Å². The van der Waals surface area contributed by atoms with Gasteiger partial charge in [-0.1, -0.05) is 0 Å². The van der Waals surface area contributed by atoms with E-state index < -0.39 is 0 Å². The summed E-state index contributed by atoms with van der Waals surface area (Å²) in [7, 11) is 0. The van der Waals surface area contributed by atoms with Gasteiger partial charge >= 0.3 is 0 Å². The van der Waals surface area contributed by atoms with E-state index in [9.17, 15) is 9.59 Å². The Morgan fingerprint density at radius 3 is 2.97 bits per heavy atom. The molecule has 0 radical (unpaired) electrons. The van der Waals surface area contributed by atoms with Crippen LogP contribution in [0.1, 0.15) is 16.2 Å². The van der Waals surface area contributed by atoms with Gasteiger partial charge in [0.15, 0.2) is 12.4 Å². The fraction of sp³-hybridized carbons (Fsp3) is 0.250. The number of amides is 2. The standard InChI is InChI=1S/C20H18N6O3/c27-18-12-29-16-10-13(3-4-15(16)22-18)20(28)25-7-5-17-23-19(24-26(17)9-8-25)14-2-1-6-21-11-14/h1-4,6,10-11H,5,7-9,12H2,(H,22,27). The number of pyridine rings is 1. The fourth-order valence-corrected chi connectivity index (χ4v) is 3.51. The number of nitrogens with one attached hydrogen (secondary N) is 1. The zero-order chi connectivity index (χ0) is 19.8. The molecule has 0 saturated heterocycles. The molecule has 2 aromatic heterocycles. The molecule has 0 saturated carbocycles. The zero-order valence-electron chi connectivity index (χ0n) is 15.5. The number of nitrogens with zero attached hydrogens (tertiary/aromatic N) is 5. The minimum atomic E-state index is -0.198. The van der Waals surface area contributed by atoms with Gasteiger partial charge in [-0.15, -0.1) is 0 Å². The molecule has 0 aliphatic carbocycles. The minimum Gasteiger partial charge on any atom is -0.482 e. The van der Waals surface area contributed by atoms with Gasteiger partial charge in [0.25, 0.3) is 11.8 Å². The minimum absolute atomic E-state index is 0.0413. The van der Waals surface area contributed by atoms with Crippen molar-refractivity contribution in [1.82, 2.24) is 24.6 Å². The summed E-state index contributed by atoms with van der Waals surface area (Å²) in [5.41, 5.74) is 1.99. The Labute approximate surface area is 166 Å². The quantitative estimate of drug-likeness (QED) is 0.709. The number of carbonyl (C=O) groups is 2. The summed E-state index contributed by atoms with van der Waals surface area (Å²) in [6.45, 7) is 1.63. The average molecular weight is 390 g/mol. The molecular weight excluding hydrogens is 372 g/mol. The topological polar surface area (TPSA) is 102 Å². The molecule has 4 heterocycles. The molecule has 0 atom stereocenters. The van der Waals surface area contributed by atoms with Gasteiger partial charge in [0.2, 0.25) is 0 Å². The van der Waals surface area contributed by atoms with Crippen LogP contribution >= 0.6 is 0 Å². The molecule has 2 amide bonds. The van der Waals surface area contributed by atoms with Gasteiger partial charge in [0.05, 0.1) is 12.2 Å². The summed E-state index contributed by atoms with van der Waals surface area (Å²) < 4.78 is 7.28. The molecule has 5 rings (SSSR count). The van der Waals surface area contributed by atoms with Gasteiger partial charge in [-0.2, -0.15) is 5.10 Å². The molecule has 9 nitrogen and oxygen atoms in total. The number of fused-ring (bicyclic) bond motifs is 2. The Kier molecular flexibility index (Phi) is 4.19. The highest BCUT2D eigenvalue weighted by Crippen LogP contribution is 2.29. The molecule has 0 spiro atoms. The van der Waals surface area contributed by atoms with Crippen LogP contribution in [0.3, 0.4) is 0 Å². The fourth-order valence-electron chi connectivity index (χ4n) is 3.51. The highest BCUT2D eigenvalue weighted by molar-refractivity contribution is 5.99. The van der Waals surface area contributed by atoms with Crippen LogP contribution < -0.4 is 10.1 Å². The van der Waals surface area contributed by atoms with Crippen LogP contribution in [0.25, 0.3) is 11.4 Å². The predicted octanol–water partition coefficient (Wildman–Crippen LogP) is 1.37. The van der Waals surface area contributed by atoms with E-state index in [0.717, 1.165) is 11.4 Å². The van der Waals surface area contributed by atoms with E-state index in [0.29, 0.717) is 48.9 Å². The average Bonchev–Trinajstić information content (AvgIpc) is 3.06. The first-order valence-electron chi connectivity index (χ1n) is 9.37. The summed E-state index contributed by atoms with van der Waals surface area (Å²) in [6, 6.07) is 8.87. The summed E-state index contributed by atoms with van der Waals surface area (Å²) in [6.07, 6.45) is 4.08. The van der Waals surface area contributed by atoms with Crippen LogP contribution in [-0.2, 0) is 17.8 Å². The maximum absolute atomic E-state index is 13.0. The lowest BCUT2D eigenvalue weighted by molar-refractivity contribution is -0.118. The van der Waals surface area contributed by atoms with E-state index >= 15 is 0 Å². The number of hydrogen-bond donors (Lipinski definition) is 1. The van der Waals surface area contributed by atoms with Gasteiger partial charge in [-0.05, 0) is 30.3 Å². The van der Waals surface area contributed by atoms with Crippen LogP contribution in [0, 0.1) is 0 Å². The van der Waals surface area contributed by atoms with Crippen LogP contribution in [0.2, 0.25) is 0 Å². The van der Waals surface area contributed by atoms with Gasteiger partial charge in [0.1, 0.15) is 11.6 Å². The van der Waals surface area contributed by atoms with E-state index in [4.69, 9.17) is 4.74 Å². The Morgan fingerprint density at radius 2 is 2.10 bits per heavy atom. The smallest absolute Gasteiger partial charge is 0.262 e. The second-order valence-electron chi connectivity index (χ2n) is 6.91. The maximum Gasteiger partial charge on any atom is 0.262 e. The Hall–Kier alpha value is -3.75. The molecule has 0 bridgehead atoms. The lowest BCUT2D eigenvalue weighted by atomic mass is 10.1. The molecule has 3 aromatic rings. The third-order valence-corrected chi connectivity index (χ3v) is 5.00. The number of ether oxygens (including phenoxy) is 1. The van der Waals surface area contributed by atoms with E-state index in [1.807, 2.05) is 16.8 Å². The van der Waals surface area contributed by atoms with E-state index in [1.54, 1.807) is 35.5 Å². The molecule has 146 valence electrons. The first kappa shape index (κ1) is 17.4. The van der Waals surface area contributed by atoms with Crippen molar-refractivity contribution in [3.63, 3.8) is 0 Å². The van der Waals surface area contributed by atoms with E-state index in [2.05, 4.69) is 20.4 Å². The second-order valence-corrected chi connectivity index (χ2v) is 6.91. The van der Waals surface area contributed by atoms with Gasteiger partial charge in [-0.3, -0.25) is 14.6 Å². The van der Waals surface area contributed by atoms with Crippen molar-refractivity contribution in [2.45, 2.75) is 13.0 Å². The Balaban J connectivity index is 1.31. The van der Waals surface area contributed by atoms with Gasteiger partial charge < -0.3 is 15.0 Å². The molecule has 9 heteroatoms. The number of hydrogen-bond acceptors (Lipinski definition) is 6. The molecule has 0 unspecified atom stereocenters. The van der Waals surface area contributed by atoms with Crippen LogP contribution in [0.5, 0.6) is 5.75 Å². The van der Waals surface area contributed by atoms with Crippen LogP contribution in [-0.4, -0.2) is 56.2 Å². The van der Waals surface area contributed by atoms with Crippen LogP contribution in [0.4, 0.5) is 5.69 Å². The molecular formula is C20H18N6O3. The molecule has 2 aliphatic heterocycles. The Morgan fingerprint density at radius 1 is 1.17 bits per heavy atom. The molecule has 29 heavy (non-hydrogen) atoms. The third-order valence-electron chi connectivity index (χ3n) is 5.00. The van der Waals surface area contributed by atoms with Crippen molar-refractivity contribution in [2.75, 3.05) is 25.0 Å². The van der Waals surface area contributed by atoms with Crippen molar-refractivity contribution in [2.24, 2.45) is 0 Å². The van der Waals surface area contributed by atoms with Crippen molar-refractivity contribution >= 4 is 17.5 Å². The first-order valence-corrected chi connectivity index (χ1v) is 9.37. The maximum atomic E-state index is 13.0. The lowest BCUT2D eigenvalue weighted by Crippen LogP contribution is -2.34. The molecule has 0 fully saturated rings. The second kappa shape index (κ2) is 7.01. The summed E-state index contributed by atoms with van der Waals surface area (Å²) in [4.78, 5) is 34.9. The monoisotopic (exact) mass is 390 g/mol. The number of anilines is 1. The SMILES string of the molecule is O=C1COc2cc(C(=O)N3CCc4nc(-c5cccnc5)nn4CC3)ccc2N1. The Bertz CT molecular complexity index is 1070. The molecule has 1 aromatic carbocycles. The predicted molar refractivity (Wildman–Crippen MR) is 103 cm³/mol. The van der Waals surface area contributed by atoms with Gasteiger partial charge in [0, 0.05) is 43.0 Å². The highest BCUT2D eigenvalue weighted by Gasteiger charge is 2.24. The number of aromatic nitrogens is 4. The van der Waals surface area contributed by atoms with E-state index in [-0.39, 0.29) is 18.4 Å². The normalized spacial score (nSPS) is 15.6. The third kappa shape index (κ3) is 3.31. The first-order chi connectivity index (χ1) is 14.2. The summed E-state index contributed by atoms with van der Waals surface area (Å²) >= 11 is 0. The number of carbonyl (C=O) groups excluding carboxylic acids is 2. The summed E-state index contributed by atoms with van der Waals surface area (Å²) in [5.74, 6) is 1.75. The summed E-state index contributed by atoms with van der Waals surface area (Å²) in [5, 5.41) is 7.31. The molecule has 2 aliphatic rings. The van der Waals surface area contributed by atoms with Crippen molar-refractivity contribution in [3.8, 4) is 17.1 Å². The lowest BCUT2D eigenvalue weighted by Gasteiger charge is -2.22. The number of benzene rings is 1. The van der Waals surface area contributed by atoms with Crippen molar-refractivity contribution in [1.29, 1.82) is 0 Å². The largest absolute Gasteiger partial charge is 0.482 e. The number of rotatable bonds is 2.